The molecule has 2 aromatic heterocycles. The first-order valence-corrected chi connectivity index (χ1v) is 12.4. The Hall–Kier alpha value is -4.01. The summed E-state index contributed by atoms with van der Waals surface area (Å²) in [6.45, 7) is 0. The minimum Gasteiger partial charge on any atom is -0.456 e. The molecule has 0 radical (unpaired) electrons. The Morgan fingerprint density at radius 1 is 0.636 bits per heavy atom. The lowest BCUT2D eigenvalue weighted by molar-refractivity contribution is 0.485. The number of aromatic nitrogens is 2. The van der Waals surface area contributed by atoms with Gasteiger partial charge in [0.2, 0.25) is 0 Å². The van der Waals surface area contributed by atoms with Gasteiger partial charge in [-0.05, 0) is 48.5 Å². The fourth-order valence-electron chi connectivity index (χ4n) is 4.25. The summed E-state index contributed by atoms with van der Waals surface area (Å²) in [5.74, 6) is 1.23. The number of fused-ring (bicyclic) bond motifs is 2. The van der Waals surface area contributed by atoms with E-state index < -0.39 is 7.14 Å². The van der Waals surface area contributed by atoms with Crippen molar-refractivity contribution < 1.29 is 9.30 Å². The SMILES string of the molecule is O=P1(c2ccccc2)c2ccccc2Oc2cc(-c3cccc(-c4cccnc4)n3)ccc21. The van der Waals surface area contributed by atoms with Gasteiger partial charge in [-0.1, -0.05) is 54.6 Å². The minimum atomic E-state index is -3.07. The number of pyridine rings is 2. The van der Waals surface area contributed by atoms with Crippen molar-refractivity contribution in [1.29, 1.82) is 0 Å². The van der Waals surface area contributed by atoms with Crippen molar-refractivity contribution in [3.05, 3.63) is 116 Å². The minimum absolute atomic E-state index is 0.604. The first kappa shape index (κ1) is 19.7. The molecule has 1 aliphatic heterocycles. The van der Waals surface area contributed by atoms with Gasteiger partial charge in [0, 0.05) is 28.8 Å². The second-order valence-electron chi connectivity index (χ2n) is 7.85. The molecule has 0 amide bonds. The molecule has 0 N–H and O–H groups in total. The molecule has 0 aliphatic carbocycles. The first-order chi connectivity index (χ1) is 16.2. The third-order valence-electron chi connectivity index (χ3n) is 5.85. The van der Waals surface area contributed by atoms with Crippen LogP contribution in [0.5, 0.6) is 11.5 Å². The Balaban J connectivity index is 1.50. The van der Waals surface area contributed by atoms with E-state index in [1.807, 2.05) is 103 Å². The van der Waals surface area contributed by atoms with Crippen molar-refractivity contribution in [3.8, 4) is 34.0 Å². The maximum absolute atomic E-state index is 14.7. The second-order valence-corrected chi connectivity index (χ2v) is 10.5. The van der Waals surface area contributed by atoms with Crippen LogP contribution in [0.25, 0.3) is 22.5 Å². The second kappa shape index (κ2) is 7.84. The summed E-state index contributed by atoms with van der Waals surface area (Å²) >= 11 is 0. The van der Waals surface area contributed by atoms with Crippen molar-refractivity contribution in [2.24, 2.45) is 0 Å². The zero-order valence-corrected chi connectivity index (χ0v) is 18.5. The summed E-state index contributed by atoms with van der Waals surface area (Å²) in [6.07, 6.45) is 3.55. The molecule has 1 unspecified atom stereocenters. The van der Waals surface area contributed by atoms with Gasteiger partial charge in [-0.15, -0.1) is 0 Å². The van der Waals surface area contributed by atoms with Crippen LogP contribution in [0.1, 0.15) is 0 Å². The van der Waals surface area contributed by atoms with Gasteiger partial charge < -0.3 is 9.30 Å². The summed E-state index contributed by atoms with van der Waals surface area (Å²) in [5, 5.41) is 2.24. The number of ether oxygens (including phenoxy) is 1. The molecule has 0 fully saturated rings. The number of benzene rings is 3. The van der Waals surface area contributed by atoms with Crippen LogP contribution < -0.4 is 20.7 Å². The van der Waals surface area contributed by atoms with Gasteiger partial charge in [0.25, 0.3) is 0 Å². The highest BCUT2D eigenvalue weighted by atomic mass is 31.2. The third-order valence-corrected chi connectivity index (χ3v) is 8.97. The van der Waals surface area contributed by atoms with Gasteiger partial charge in [-0.3, -0.25) is 4.98 Å². The van der Waals surface area contributed by atoms with E-state index in [9.17, 15) is 4.57 Å². The predicted molar refractivity (Wildman–Crippen MR) is 132 cm³/mol. The highest BCUT2D eigenvalue weighted by Crippen LogP contribution is 2.51. The van der Waals surface area contributed by atoms with Crippen molar-refractivity contribution >= 4 is 23.1 Å². The zero-order valence-electron chi connectivity index (χ0n) is 17.6. The normalized spacial score (nSPS) is 16.4. The number of hydrogen-bond acceptors (Lipinski definition) is 4. The standard InChI is InChI=1S/C28H19N2O2P/c31-33(22-9-2-1-3-10-22)27-14-5-4-13-25(27)32-26-18-20(15-16-28(26)33)23-11-6-12-24(30-23)21-8-7-17-29-19-21/h1-19H. The van der Waals surface area contributed by atoms with Crippen molar-refractivity contribution in [3.63, 3.8) is 0 Å². The summed E-state index contributed by atoms with van der Waals surface area (Å²) in [5.41, 5.74) is 3.52. The smallest absolute Gasteiger partial charge is 0.178 e. The van der Waals surface area contributed by atoms with Gasteiger partial charge in [0.1, 0.15) is 11.5 Å². The Morgan fingerprint density at radius 2 is 1.39 bits per heavy atom. The lowest BCUT2D eigenvalue weighted by atomic mass is 10.1. The van der Waals surface area contributed by atoms with Gasteiger partial charge >= 0.3 is 0 Å². The molecule has 0 saturated heterocycles. The molecule has 3 heterocycles. The molecule has 5 heteroatoms. The van der Waals surface area contributed by atoms with Crippen molar-refractivity contribution in [2.45, 2.75) is 0 Å². The van der Waals surface area contributed by atoms with Gasteiger partial charge in [-0.25, -0.2) is 4.98 Å². The van der Waals surface area contributed by atoms with Crippen LogP contribution in [0, 0.1) is 0 Å². The monoisotopic (exact) mass is 446 g/mol. The molecule has 3 aromatic carbocycles. The van der Waals surface area contributed by atoms with E-state index in [-0.39, 0.29) is 0 Å². The molecular formula is C28H19N2O2P. The lowest BCUT2D eigenvalue weighted by Gasteiger charge is -2.29. The molecule has 158 valence electrons. The molecule has 33 heavy (non-hydrogen) atoms. The average molecular weight is 446 g/mol. The average Bonchev–Trinajstić information content (AvgIpc) is 2.89. The van der Waals surface area contributed by atoms with E-state index >= 15 is 0 Å². The van der Waals surface area contributed by atoms with Gasteiger partial charge in [-0.2, -0.15) is 0 Å². The topological polar surface area (TPSA) is 52.1 Å². The highest BCUT2D eigenvalue weighted by Gasteiger charge is 2.38. The Labute approximate surface area is 191 Å². The van der Waals surface area contributed by atoms with Gasteiger partial charge in [0.05, 0.1) is 22.0 Å². The largest absolute Gasteiger partial charge is 0.456 e. The number of hydrogen-bond donors (Lipinski definition) is 0. The Morgan fingerprint density at radius 3 is 2.21 bits per heavy atom. The molecule has 4 nitrogen and oxygen atoms in total. The van der Waals surface area contributed by atoms with Crippen molar-refractivity contribution in [2.75, 3.05) is 0 Å². The Bertz CT molecular complexity index is 1520. The molecule has 5 aromatic rings. The third kappa shape index (κ3) is 3.27. The van der Waals surface area contributed by atoms with E-state index in [0.29, 0.717) is 16.8 Å². The maximum Gasteiger partial charge on any atom is 0.178 e. The molecule has 0 bridgehead atoms. The first-order valence-electron chi connectivity index (χ1n) is 10.7. The summed E-state index contributed by atoms with van der Waals surface area (Å²) in [6, 6.07) is 32.9. The van der Waals surface area contributed by atoms with Gasteiger partial charge in [0.15, 0.2) is 7.14 Å². The van der Waals surface area contributed by atoms with Crippen LogP contribution in [0.3, 0.4) is 0 Å². The van der Waals surface area contributed by atoms with Crippen molar-refractivity contribution in [1.82, 2.24) is 9.97 Å². The predicted octanol–water partition coefficient (Wildman–Crippen LogP) is 5.56. The van der Waals surface area contributed by atoms with Crippen LogP contribution in [0.15, 0.2) is 116 Å². The van der Waals surface area contributed by atoms with Crippen LogP contribution in [-0.4, -0.2) is 9.97 Å². The fourth-order valence-corrected chi connectivity index (χ4v) is 7.09. The van der Waals surface area contributed by atoms with Crippen LogP contribution in [0.4, 0.5) is 0 Å². The number of rotatable bonds is 3. The molecule has 0 spiro atoms. The highest BCUT2D eigenvalue weighted by molar-refractivity contribution is 7.85. The van der Waals surface area contributed by atoms with E-state index in [0.717, 1.165) is 33.1 Å². The quantitative estimate of drug-likeness (QED) is 0.334. The fraction of sp³-hybridized carbons (Fsp3) is 0. The number of nitrogens with zero attached hydrogens (tertiary/aromatic N) is 2. The summed E-state index contributed by atoms with van der Waals surface area (Å²) < 4.78 is 20.9. The molecule has 0 saturated carbocycles. The number of para-hydroxylation sites is 1. The summed E-state index contributed by atoms with van der Waals surface area (Å²) in [4.78, 5) is 9.03. The Kier molecular flexibility index (Phi) is 4.67. The molecule has 6 rings (SSSR count). The lowest BCUT2D eigenvalue weighted by Crippen LogP contribution is -2.30. The van der Waals surface area contributed by atoms with Crippen LogP contribution in [-0.2, 0) is 4.57 Å². The van der Waals surface area contributed by atoms with E-state index in [1.54, 1.807) is 12.4 Å². The van der Waals surface area contributed by atoms with E-state index in [4.69, 9.17) is 9.72 Å². The van der Waals surface area contributed by atoms with E-state index in [2.05, 4.69) is 4.98 Å². The molecular weight excluding hydrogens is 427 g/mol. The molecule has 1 atom stereocenters. The van der Waals surface area contributed by atoms with E-state index in [1.165, 1.54) is 0 Å². The summed E-state index contributed by atoms with van der Waals surface area (Å²) in [7, 11) is -3.07. The molecule has 1 aliphatic rings. The zero-order chi connectivity index (χ0) is 22.3. The maximum atomic E-state index is 14.7. The van der Waals surface area contributed by atoms with Crippen LogP contribution in [0.2, 0.25) is 0 Å². The van der Waals surface area contributed by atoms with Crippen LogP contribution >= 0.6 is 7.14 Å².